The monoisotopic (exact) mass is 208 g/mol. The van der Waals surface area contributed by atoms with Crippen LogP contribution in [0.4, 0.5) is 11.8 Å². The maximum absolute atomic E-state index is 9.18. The first-order chi connectivity index (χ1) is 7.15. The molecule has 15 heavy (non-hydrogen) atoms. The Morgan fingerprint density at radius 1 is 1.60 bits per heavy atom. The van der Waals surface area contributed by atoms with Crippen molar-refractivity contribution in [1.29, 1.82) is 0 Å². The van der Waals surface area contributed by atoms with Crippen molar-refractivity contribution in [3.05, 3.63) is 12.3 Å². The van der Waals surface area contributed by atoms with Gasteiger partial charge in [0.25, 0.3) is 0 Å². The van der Waals surface area contributed by atoms with Crippen molar-refractivity contribution in [3.63, 3.8) is 0 Å². The van der Waals surface area contributed by atoms with E-state index >= 15 is 0 Å². The number of aliphatic hydroxyl groups is 1. The van der Waals surface area contributed by atoms with Crippen LogP contribution >= 0.6 is 0 Å². The largest absolute Gasteiger partial charge is 0.393 e. The maximum Gasteiger partial charge on any atom is 0.226 e. The van der Waals surface area contributed by atoms with Crippen LogP contribution in [0.1, 0.15) is 12.8 Å². The fourth-order valence-electron chi connectivity index (χ4n) is 1.86. The van der Waals surface area contributed by atoms with Gasteiger partial charge in [0.1, 0.15) is 5.82 Å². The van der Waals surface area contributed by atoms with E-state index in [-0.39, 0.29) is 6.10 Å². The van der Waals surface area contributed by atoms with Gasteiger partial charge in [0, 0.05) is 19.8 Å². The van der Waals surface area contributed by atoms with Crippen molar-refractivity contribution in [3.8, 4) is 0 Å². The van der Waals surface area contributed by atoms with Crippen LogP contribution in [0, 0.1) is 5.92 Å². The molecule has 0 bridgehead atoms. The summed E-state index contributed by atoms with van der Waals surface area (Å²) in [5.41, 5.74) is 5.58. The third kappa shape index (κ3) is 2.36. The first-order valence-electron chi connectivity index (χ1n) is 5.13. The second-order valence-corrected chi connectivity index (χ2v) is 4.15. The zero-order chi connectivity index (χ0) is 10.8. The van der Waals surface area contributed by atoms with E-state index in [0.717, 1.165) is 19.4 Å². The van der Waals surface area contributed by atoms with Crippen LogP contribution in [0.5, 0.6) is 0 Å². The molecule has 1 heterocycles. The molecule has 1 fully saturated rings. The summed E-state index contributed by atoms with van der Waals surface area (Å²) in [6, 6.07) is 1.67. The van der Waals surface area contributed by atoms with Gasteiger partial charge in [0.2, 0.25) is 5.95 Å². The molecule has 1 aromatic heterocycles. The normalized spacial score (nSPS) is 24.7. The third-order valence-electron chi connectivity index (χ3n) is 2.75. The Kier molecular flexibility index (Phi) is 2.73. The predicted molar refractivity (Wildman–Crippen MR) is 58.4 cm³/mol. The molecule has 5 heteroatoms. The summed E-state index contributed by atoms with van der Waals surface area (Å²) in [4.78, 5) is 10.3. The van der Waals surface area contributed by atoms with E-state index in [1.54, 1.807) is 12.3 Å². The first kappa shape index (κ1) is 10.2. The van der Waals surface area contributed by atoms with Crippen molar-refractivity contribution in [2.75, 3.05) is 24.2 Å². The Labute approximate surface area is 88.9 Å². The second kappa shape index (κ2) is 4.02. The van der Waals surface area contributed by atoms with Crippen LogP contribution in [0.2, 0.25) is 0 Å². The van der Waals surface area contributed by atoms with Crippen LogP contribution in [-0.4, -0.2) is 34.8 Å². The summed E-state index contributed by atoms with van der Waals surface area (Å²) >= 11 is 0. The fraction of sp³-hybridized carbons (Fsp3) is 0.600. The van der Waals surface area contributed by atoms with Gasteiger partial charge in [-0.2, -0.15) is 4.98 Å². The molecule has 0 aliphatic heterocycles. The van der Waals surface area contributed by atoms with Gasteiger partial charge in [0.05, 0.1) is 6.10 Å². The van der Waals surface area contributed by atoms with Gasteiger partial charge in [-0.25, -0.2) is 4.98 Å². The lowest BCUT2D eigenvalue weighted by Crippen LogP contribution is -2.37. The van der Waals surface area contributed by atoms with Crippen molar-refractivity contribution in [1.82, 2.24) is 9.97 Å². The highest BCUT2D eigenvalue weighted by molar-refractivity contribution is 5.36. The van der Waals surface area contributed by atoms with Crippen molar-refractivity contribution in [2.24, 2.45) is 5.92 Å². The number of nitrogens with zero attached hydrogens (tertiary/aromatic N) is 3. The SMILES string of the molecule is CN(CC1CC(O)C1)c1nccc(N)n1. The molecule has 3 N–H and O–H groups in total. The second-order valence-electron chi connectivity index (χ2n) is 4.15. The van der Waals surface area contributed by atoms with Gasteiger partial charge in [-0.15, -0.1) is 0 Å². The highest BCUT2D eigenvalue weighted by Crippen LogP contribution is 2.28. The molecule has 1 aromatic rings. The van der Waals surface area contributed by atoms with E-state index in [1.807, 2.05) is 11.9 Å². The Bertz CT molecular complexity index is 338. The lowest BCUT2D eigenvalue weighted by Gasteiger charge is -2.34. The fourth-order valence-corrected chi connectivity index (χ4v) is 1.86. The summed E-state index contributed by atoms with van der Waals surface area (Å²) in [5, 5.41) is 9.18. The third-order valence-corrected chi connectivity index (χ3v) is 2.75. The number of nitrogens with two attached hydrogens (primary N) is 1. The molecule has 0 spiro atoms. The lowest BCUT2D eigenvalue weighted by molar-refractivity contribution is 0.0463. The lowest BCUT2D eigenvalue weighted by atomic mass is 9.82. The van der Waals surface area contributed by atoms with Crippen LogP contribution in [0.15, 0.2) is 12.3 Å². The highest BCUT2D eigenvalue weighted by Gasteiger charge is 2.28. The van der Waals surface area contributed by atoms with Gasteiger partial charge < -0.3 is 15.7 Å². The summed E-state index contributed by atoms with van der Waals surface area (Å²) < 4.78 is 0. The standard InChI is InChI=1S/C10H16N4O/c1-14(6-7-4-8(15)5-7)10-12-3-2-9(11)13-10/h2-3,7-8,15H,4-6H2,1H3,(H2,11,12,13). The smallest absolute Gasteiger partial charge is 0.226 e. The van der Waals surface area contributed by atoms with Gasteiger partial charge in [0.15, 0.2) is 0 Å². The minimum absolute atomic E-state index is 0.106. The summed E-state index contributed by atoms with van der Waals surface area (Å²) in [6.07, 6.45) is 3.31. The first-order valence-corrected chi connectivity index (χ1v) is 5.13. The Balaban J connectivity index is 1.93. The van der Waals surface area contributed by atoms with Crippen molar-refractivity contribution < 1.29 is 5.11 Å². The van der Waals surface area contributed by atoms with Crippen LogP contribution in [-0.2, 0) is 0 Å². The highest BCUT2D eigenvalue weighted by atomic mass is 16.3. The van der Waals surface area contributed by atoms with Crippen LogP contribution < -0.4 is 10.6 Å². The Hall–Kier alpha value is -1.36. The van der Waals surface area contributed by atoms with Crippen molar-refractivity contribution in [2.45, 2.75) is 18.9 Å². The number of hydrogen-bond donors (Lipinski definition) is 2. The molecule has 0 unspecified atom stereocenters. The summed E-state index contributed by atoms with van der Waals surface area (Å²) in [6.45, 7) is 0.876. The van der Waals surface area contributed by atoms with E-state index in [0.29, 0.717) is 17.7 Å². The maximum atomic E-state index is 9.18. The Morgan fingerprint density at radius 2 is 2.33 bits per heavy atom. The molecular formula is C10H16N4O. The number of anilines is 2. The molecule has 0 atom stereocenters. The average Bonchev–Trinajstić information content (AvgIpc) is 2.15. The number of nitrogen functional groups attached to an aromatic ring is 1. The van der Waals surface area contributed by atoms with Crippen LogP contribution in [0.25, 0.3) is 0 Å². The van der Waals surface area contributed by atoms with E-state index in [9.17, 15) is 5.11 Å². The molecular weight excluding hydrogens is 192 g/mol. The molecule has 0 saturated heterocycles. The number of hydrogen-bond acceptors (Lipinski definition) is 5. The van der Waals surface area contributed by atoms with Gasteiger partial charge in [-0.1, -0.05) is 0 Å². The minimum Gasteiger partial charge on any atom is -0.393 e. The van der Waals surface area contributed by atoms with E-state index in [2.05, 4.69) is 9.97 Å². The van der Waals surface area contributed by atoms with Crippen LogP contribution in [0.3, 0.4) is 0 Å². The molecule has 0 amide bonds. The van der Waals surface area contributed by atoms with Gasteiger partial charge >= 0.3 is 0 Å². The molecule has 1 aliphatic carbocycles. The van der Waals surface area contributed by atoms with Gasteiger partial charge in [-0.05, 0) is 24.8 Å². The summed E-state index contributed by atoms with van der Waals surface area (Å²) in [7, 11) is 1.94. The quantitative estimate of drug-likeness (QED) is 0.745. The minimum atomic E-state index is -0.106. The molecule has 2 rings (SSSR count). The Morgan fingerprint density at radius 3 is 2.93 bits per heavy atom. The summed E-state index contributed by atoms with van der Waals surface area (Å²) in [5.74, 6) is 1.69. The molecule has 0 aromatic carbocycles. The number of aromatic nitrogens is 2. The van der Waals surface area contributed by atoms with E-state index in [1.165, 1.54) is 0 Å². The molecule has 5 nitrogen and oxygen atoms in total. The van der Waals surface area contributed by atoms with Crippen molar-refractivity contribution >= 4 is 11.8 Å². The van der Waals surface area contributed by atoms with Gasteiger partial charge in [-0.3, -0.25) is 0 Å². The zero-order valence-electron chi connectivity index (χ0n) is 8.80. The number of rotatable bonds is 3. The van der Waals surface area contributed by atoms with E-state index < -0.39 is 0 Å². The molecule has 82 valence electrons. The zero-order valence-corrected chi connectivity index (χ0v) is 8.80. The molecule has 0 radical (unpaired) electrons. The topological polar surface area (TPSA) is 75.3 Å². The molecule has 1 saturated carbocycles. The predicted octanol–water partition coefficient (Wildman–Crippen LogP) is 0.266. The van der Waals surface area contributed by atoms with E-state index in [4.69, 9.17) is 5.73 Å². The average molecular weight is 208 g/mol. The number of aliphatic hydroxyl groups excluding tert-OH is 1. The molecule has 1 aliphatic rings.